The first-order valence-corrected chi connectivity index (χ1v) is 12.7. The van der Waals surface area contributed by atoms with Crippen LogP contribution in [0.5, 0.6) is 0 Å². The van der Waals surface area contributed by atoms with E-state index in [1.807, 2.05) is 61.1 Å². The van der Waals surface area contributed by atoms with E-state index in [1.54, 1.807) is 4.68 Å². The Hall–Kier alpha value is -3.19. The van der Waals surface area contributed by atoms with E-state index in [0.29, 0.717) is 11.6 Å². The maximum atomic E-state index is 13.6. The summed E-state index contributed by atoms with van der Waals surface area (Å²) in [5.41, 5.74) is 3.93. The van der Waals surface area contributed by atoms with Crippen molar-refractivity contribution in [1.29, 1.82) is 0 Å². The van der Waals surface area contributed by atoms with Crippen molar-refractivity contribution in [3.63, 3.8) is 0 Å². The lowest BCUT2D eigenvalue weighted by Crippen LogP contribution is -2.23. The minimum atomic E-state index is -0.246. The van der Waals surface area contributed by atoms with E-state index in [1.165, 1.54) is 55.6 Å². The molecule has 2 aromatic heterocycles. The Morgan fingerprint density at radius 2 is 1.74 bits per heavy atom. The second kappa shape index (κ2) is 9.58. The van der Waals surface area contributed by atoms with Gasteiger partial charge in [0.1, 0.15) is 5.82 Å². The van der Waals surface area contributed by atoms with Crippen LogP contribution in [0.15, 0.2) is 69.8 Å². The molecule has 0 unspecified atom stereocenters. The molecule has 0 N–H and O–H groups in total. The summed E-state index contributed by atoms with van der Waals surface area (Å²) in [4.78, 5) is 19.2. The molecule has 7 heteroatoms. The van der Waals surface area contributed by atoms with Crippen LogP contribution in [0.2, 0.25) is 0 Å². The van der Waals surface area contributed by atoms with Gasteiger partial charge in [0, 0.05) is 19.0 Å². The van der Waals surface area contributed by atoms with E-state index < -0.39 is 0 Å². The average Bonchev–Trinajstić information content (AvgIpc) is 3.34. The molecule has 1 aliphatic carbocycles. The number of nitrogens with zero attached hydrogens (tertiary/aromatic N) is 4. The number of thiazole rings is 1. The molecule has 5 nitrogen and oxygen atoms in total. The van der Waals surface area contributed by atoms with Crippen molar-refractivity contribution in [2.45, 2.75) is 45.6 Å². The van der Waals surface area contributed by atoms with E-state index in [9.17, 15) is 9.18 Å². The van der Waals surface area contributed by atoms with Gasteiger partial charge in [-0.05, 0) is 67.6 Å². The summed E-state index contributed by atoms with van der Waals surface area (Å²) in [6, 6.07) is 16.2. The molecule has 0 radical (unpaired) electrons. The normalized spacial score (nSPS) is 15.2. The van der Waals surface area contributed by atoms with Crippen LogP contribution in [-0.2, 0) is 13.6 Å². The third kappa shape index (κ3) is 4.32. The zero-order valence-corrected chi connectivity index (χ0v) is 20.4. The Bertz CT molecular complexity index is 1400. The summed E-state index contributed by atoms with van der Waals surface area (Å²) in [5.74, 6) is 0.337. The van der Waals surface area contributed by atoms with Gasteiger partial charge >= 0.3 is 0 Å². The monoisotopic (exact) mass is 476 g/mol. The number of hydrogen-bond donors (Lipinski definition) is 0. The van der Waals surface area contributed by atoms with Crippen molar-refractivity contribution in [1.82, 2.24) is 13.9 Å². The Labute approximate surface area is 202 Å². The van der Waals surface area contributed by atoms with Gasteiger partial charge in [-0.15, -0.1) is 11.3 Å². The number of para-hydroxylation sites is 1. The van der Waals surface area contributed by atoms with Gasteiger partial charge in [0.25, 0.3) is 5.56 Å². The third-order valence-corrected chi connectivity index (χ3v) is 7.70. The fraction of sp³-hybridized carbons (Fsp3) is 0.333. The molecule has 1 fully saturated rings. The molecule has 0 amide bonds. The summed E-state index contributed by atoms with van der Waals surface area (Å²) >= 11 is 1.53. The van der Waals surface area contributed by atoms with Gasteiger partial charge in [0.2, 0.25) is 0 Å². The molecule has 0 saturated heterocycles. The minimum absolute atomic E-state index is 0.132. The Morgan fingerprint density at radius 1 is 1.03 bits per heavy atom. The molecule has 4 aromatic rings. The Morgan fingerprint density at radius 3 is 2.44 bits per heavy atom. The Balaban J connectivity index is 1.64. The molecule has 2 heterocycles. The van der Waals surface area contributed by atoms with E-state index in [4.69, 9.17) is 4.99 Å². The number of halogens is 1. The average molecular weight is 477 g/mol. The molecule has 1 saturated carbocycles. The van der Waals surface area contributed by atoms with Gasteiger partial charge in [-0.25, -0.2) is 14.1 Å². The van der Waals surface area contributed by atoms with Crippen LogP contribution >= 0.6 is 11.3 Å². The number of hydrogen-bond acceptors (Lipinski definition) is 3. The van der Waals surface area contributed by atoms with Crippen molar-refractivity contribution < 1.29 is 4.39 Å². The molecule has 0 spiro atoms. The van der Waals surface area contributed by atoms with Gasteiger partial charge < -0.3 is 4.57 Å². The summed E-state index contributed by atoms with van der Waals surface area (Å²) < 4.78 is 19.3. The SMILES string of the molecule is Cc1c(N=c2scc(-c3ccc(F)cc3)n2CC2CCCCC2)c(=O)n(-c2ccccc2)n1C. The van der Waals surface area contributed by atoms with Gasteiger partial charge in [-0.3, -0.25) is 9.48 Å². The predicted octanol–water partition coefficient (Wildman–Crippen LogP) is 5.97. The lowest BCUT2D eigenvalue weighted by atomic mass is 9.89. The molecule has 176 valence electrons. The lowest BCUT2D eigenvalue weighted by Gasteiger charge is -2.23. The van der Waals surface area contributed by atoms with Crippen molar-refractivity contribution in [3.05, 3.63) is 86.6 Å². The molecule has 5 rings (SSSR count). The third-order valence-electron chi connectivity index (χ3n) is 6.83. The van der Waals surface area contributed by atoms with Crippen LogP contribution in [0, 0.1) is 18.7 Å². The van der Waals surface area contributed by atoms with Crippen molar-refractivity contribution in [2.75, 3.05) is 0 Å². The quantitative estimate of drug-likeness (QED) is 0.350. The van der Waals surface area contributed by atoms with Gasteiger partial charge in [0.15, 0.2) is 10.5 Å². The number of benzene rings is 2. The zero-order chi connectivity index (χ0) is 23.7. The first-order chi connectivity index (χ1) is 16.5. The van der Waals surface area contributed by atoms with Crippen LogP contribution in [0.3, 0.4) is 0 Å². The predicted molar refractivity (Wildman–Crippen MR) is 135 cm³/mol. The zero-order valence-electron chi connectivity index (χ0n) is 19.6. The van der Waals surface area contributed by atoms with E-state index in [0.717, 1.165) is 34.0 Å². The van der Waals surface area contributed by atoms with E-state index in [2.05, 4.69) is 9.95 Å². The topological polar surface area (TPSA) is 44.2 Å². The molecular weight excluding hydrogens is 447 g/mol. The van der Waals surface area contributed by atoms with Crippen LogP contribution in [0.4, 0.5) is 10.1 Å². The highest BCUT2D eigenvalue weighted by atomic mass is 32.1. The van der Waals surface area contributed by atoms with Crippen LogP contribution in [0.1, 0.15) is 37.8 Å². The van der Waals surface area contributed by atoms with Gasteiger partial charge in [-0.1, -0.05) is 37.5 Å². The van der Waals surface area contributed by atoms with E-state index >= 15 is 0 Å². The summed E-state index contributed by atoms with van der Waals surface area (Å²) in [5, 5.41) is 2.07. The van der Waals surface area contributed by atoms with Crippen molar-refractivity contribution >= 4 is 17.0 Å². The molecule has 34 heavy (non-hydrogen) atoms. The van der Waals surface area contributed by atoms with Crippen molar-refractivity contribution in [2.24, 2.45) is 18.0 Å². The van der Waals surface area contributed by atoms with Crippen LogP contribution < -0.4 is 10.4 Å². The molecule has 0 bridgehead atoms. The molecule has 0 aliphatic heterocycles. The highest BCUT2D eigenvalue weighted by molar-refractivity contribution is 7.07. The molecule has 2 aromatic carbocycles. The summed E-state index contributed by atoms with van der Waals surface area (Å²) in [6.45, 7) is 2.79. The Kier molecular flexibility index (Phi) is 6.37. The lowest BCUT2D eigenvalue weighted by molar-refractivity contribution is 0.318. The molecular formula is C27H29FN4OS. The number of aromatic nitrogens is 3. The van der Waals surface area contributed by atoms with Crippen LogP contribution in [0.25, 0.3) is 16.9 Å². The molecule has 1 aliphatic rings. The van der Waals surface area contributed by atoms with Gasteiger partial charge in [0.05, 0.1) is 17.1 Å². The summed E-state index contributed by atoms with van der Waals surface area (Å²) in [7, 11) is 1.89. The van der Waals surface area contributed by atoms with Crippen molar-refractivity contribution in [3.8, 4) is 16.9 Å². The fourth-order valence-electron chi connectivity index (χ4n) is 4.85. The van der Waals surface area contributed by atoms with E-state index in [-0.39, 0.29) is 11.4 Å². The van der Waals surface area contributed by atoms with Crippen LogP contribution in [-0.4, -0.2) is 13.9 Å². The second-order valence-electron chi connectivity index (χ2n) is 9.05. The maximum Gasteiger partial charge on any atom is 0.297 e. The largest absolute Gasteiger partial charge is 0.316 e. The fourth-order valence-corrected chi connectivity index (χ4v) is 5.78. The number of rotatable bonds is 5. The highest BCUT2D eigenvalue weighted by Crippen LogP contribution is 2.28. The first kappa shape index (κ1) is 22.6. The first-order valence-electron chi connectivity index (χ1n) is 11.9. The standard InChI is InChI=1S/C27H29FN4OS/c1-19-25(26(33)32(30(19)2)23-11-7-4-8-12-23)29-27-31(17-20-9-5-3-6-10-20)24(18-34-27)21-13-15-22(28)16-14-21/h4,7-8,11-16,18,20H,3,5-6,9-10,17H2,1-2H3. The molecule has 0 atom stereocenters. The second-order valence-corrected chi connectivity index (χ2v) is 9.88. The highest BCUT2D eigenvalue weighted by Gasteiger charge is 2.19. The maximum absolute atomic E-state index is 13.6. The summed E-state index contributed by atoms with van der Waals surface area (Å²) in [6.07, 6.45) is 6.22. The smallest absolute Gasteiger partial charge is 0.297 e. The minimum Gasteiger partial charge on any atom is -0.316 e. The van der Waals surface area contributed by atoms with Gasteiger partial charge in [-0.2, -0.15) is 0 Å².